The van der Waals surface area contributed by atoms with Gasteiger partial charge in [-0.25, -0.2) is 0 Å². The summed E-state index contributed by atoms with van der Waals surface area (Å²) in [5.41, 5.74) is -2.64. The van der Waals surface area contributed by atoms with E-state index < -0.39 is 24.4 Å². The minimum absolute atomic E-state index is 0.102. The Bertz CT molecular complexity index is 260. The van der Waals surface area contributed by atoms with Gasteiger partial charge in [-0.15, -0.1) is 0 Å². The van der Waals surface area contributed by atoms with Crippen LogP contribution in [0.5, 0.6) is 0 Å². The van der Waals surface area contributed by atoms with Gasteiger partial charge in [0.1, 0.15) is 0 Å². The van der Waals surface area contributed by atoms with Crippen LogP contribution >= 0.6 is 0 Å². The Kier molecular flexibility index (Phi) is 2.74. The largest absolute Gasteiger partial charge is 0.418 e. The molecule has 1 aliphatic heterocycles. The van der Waals surface area contributed by atoms with Crippen LogP contribution in [0.15, 0.2) is 0 Å². The minimum atomic E-state index is -4.61. The van der Waals surface area contributed by atoms with Gasteiger partial charge in [0.2, 0.25) is 0 Å². The lowest BCUT2D eigenvalue weighted by Gasteiger charge is -2.26. The van der Waals surface area contributed by atoms with Crippen molar-refractivity contribution in [3.05, 3.63) is 0 Å². The highest BCUT2D eigenvalue weighted by Crippen LogP contribution is 2.37. The topological polar surface area (TPSA) is 47.3 Å². The van der Waals surface area contributed by atoms with E-state index in [1.54, 1.807) is 0 Å². The molecule has 1 rings (SSSR count). The van der Waals surface area contributed by atoms with Gasteiger partial charge in [-0.1, -0.05) is 0 Å². The van der Waals surface area contributed by atoms with Crippen molar-refractivity contribution < 1.29 is 18.3 Å². The maximum atomic E-state index is 12.3. The normalized spacial score (nSPS) is 31.4. The first-order valence-electron chi connectivity index (χ1n) is 4.23. The minimum Gasteiger partial charge on any atom is -0.379 e. The molecule has 0 radical (unpaired) electrons. The van der Waals surface area contributed by atoms with Crippen molar-refractivity contribution in [3.63, 3.8) is 0 Å². The van der Waals surface area contributed by atoms with Gasteiger partial charge in [-0.3, -0.25) is 4.90 Å². The van der Waals surface area contributed by atoms with E-state index in [2.05, 4.69) is 0 Å². The first-order chi connectivity index (χ1) is 6.30. The predicted molar refractivity (Wildman–Crippen MR) is 42.3 cm³/mol. The Balaban J connectivity index is 2.70. The van der Waals surface area contributed by atoms with Crippen molar-refractivity contribution >= 4 is 0 Å². The lowest BCUT2D eigenvalue weighted by molar-refractivity contribution is -0.254. The summed E-state index contributed by atoms with van der Waals surface area (Å²) in [7, 11) is 0. The number of aliphatic hydroxyl groups is 1. The number of halogens is 3. The van der Waals surface area contributed by atoms with Gasteiger partial charge >= 0.3 is 6.18 Å². The number of likely N-dealkylation sites (tertiary alicyclic amines) is 1. The summed E-state index contributed by atoms with van der Waals surface area (Å²) in [6.07, 6.45) is -4.97. The van der Waals surface area contributed by atoms with E-state index in [0.29, 0.717) is 0 Å². The number of nitrogens with zero attached hydrogens (tertiary/aromatic N) is 2. The van der Waals surface area contributed by atoms with Gasteiger partial charge in [0, 0.05) is 13.1 Å². The van der Waals surface area contributed by atoms with Crippen LogP contribution in [0.1, 0.15) is 13.3 Å². The Morgan fingerprint density at radius 2 is 2.14 bits per heavy atom. The Morgan fingerprint density at radius 3 is 2.50 bits per heavy atom. The second-order valence-corrected chi connectivity index (χ2v) is 3.55. The van der Waals surface area contributed by atoms with Crippen LogP contribution < -0.4 is 0 Å². The fraction of sp³-hybridized carbons (Fsp3) is 0.875. The Morgan fingerprint density at radius 1 is 1.57 bits per heavy atom. The van der Waals surface area contributed by atoms with Crippen molar-refractivity contribution in [3.8, 4) is 6.07 Å². The molecule has 0 aromatic heterocycles. The summed E-state index contributed by atoms with van der Waals surface area (Å²) in [5, 5.41) is 17.8. The van der Waals surface area contributed by atoms with Gasteiger partial charge in [0.05, 0.1) is 12.1 Å². The SMILES string of the molecule is CC(C#N)N1CCC(O)(C(F)(F)F)C1. The fourth-order valence-electron chi connectivity index (χ4n) is 1.47. The quantitative estimate of drug-likeness (QED) is 0.696. The maximum Gasteiger partial charge on any atom is 0.418 e. The molecule has 2 unspecified atom stereocenters. The fourth-order valence-corrected chi connectivity index (χ4v) is 1.47. The van der Waals surface area contributed by atoms with Crippen LogP contribution in [0.2, 0.25) is 0 Å². The molecule has 3 nitrogen and oxygen atoms in total. The summed E-state index contributed by atoms with van der Waals surface area (Å²) < 4.78 is 37.0. The molecule has 2 atom stereocenters. The predicted octanol–water partition coefficient (Wildman–Crippen LogP) is 0.898. The van der Waals surface area contributed by atoms with Crippen LogP contribution in [0, 0.1) is 11.3 Å². The zero-order valence-corrected chi connectivity index (χ0v) is 7.67. The summed E-state index contributed by atoms with van der Waals surface area (Å²) >= 11 is 0. The summed E-state index contributed by atoms with van der Waals surface area (Å²) in [5.74, 6) is 0. The van der Waals surface area contributed by atoms with Crippen molar-refractivity contribution in [1.29, 1.82) is 5.26 Å². The highest BCUT2D eigenvalue weighted by Gasteiger charge is 2.57. The van der Waals surface area contributed by atoms with Crippen molar-refractivity contribution in [2.24, 2.45) is 0 Å². The highest BCUT2D eigenvalue weighted by atomic mass is 19.4. The van der Waals surface area contributed by atoms with Crippen LogP contribution in [0.25, 0.3) is 0 Å². The van der Waals surface area contributed by atoms with Gasteiger partial charge in [0.15, 0.2) is 5.60 Å². The van der Waals surface area contributed by atoms with E-state index in [9.17, 15) is 18.3 Å². The van der Waals surface area contributed by atoms with E-state index in [4.69, 9.17) is 5.26 Å². The van der Waals surface area contributed by atoms with Crippen molar-refractivity contribution in [1.82, 2.24) is 4.90 Å². The molecule has 80 valence electrons. The van der Waals surface area contributed by atoms with Gasteiger partial charge in [0.25, 0.3) is 0 Å². The average molecular weight is 208 g/mol. The standard InChI is InChI=1S/C8H11F3N2O/c1-6(4-12)13-3-2-7(14,5-13)8(9,10)11/h6,14H,2-3,5H2,1H3. The van der Waals surface area contributed by atoms with Gasteiger partial charge < -0.3 is 5.11 Å². The zero-order valence-electron chi connectivity index (χ0n) is 7.67. The summed E-state index contributed by atoms with van der Waals surface area (Å²) in [4.78, 5) is 1.33. The lowest BCUT2D eigenvalue weighted by Crippen LogP contribution is -2.48. The number of β-amino-alcohol motifs (C(OH)–C–C–N with tert-alkyl or cyclic N) is 1. The second-order valence-electron chi connectivity index (χ2n) is 3.55. The number of rotatable bonds is 1. The molecule has 1 aliphatic rings. The molecule has 0 bridgehead atoms. The molecule has 1 N–H and O–H groups in total. The maximum absolute atomic E-state index is 12.3. The van der Waals surface area contributed by atoms with E-state index in [1.807, 2.05) is 6.07 Å². The zero-order chi connectivity index (χ0) is 11.0. The van der Waals surface area contributed by atoms with Gasteiger partial charge in [-0.2, -0.15) is 18.4 Å². The third-order valence-electron chi connectivity index (χ3n) is 2.54. The van der Waals surface area contributed by atoms with Crippen LogP contribution in [0.3, 0.4) is 0 Å². The molecular formula is C8H11F3N2O. The van der Waals surface area contributed by atoms with E-state index in [-0.39, 0.29) is 13.0 Å². The van der Waals surface area contributed by atoms with E-state index in [1.165, 1.54) is 11.8 Å². The molecule has 1 saturated heterocycles. The summed E-state index contributed by atoms with van der Waals surface area (Å²) in [6.45, 7) is 1.11. The molecule has 0 aliphatic carbocycles. The van der Waals surface area contributed by atoms with Crippen LogP contribution in [-0.4, -0.2) is 40.9 Å². The monoisotopic (exact) mass is 208 g/mol. The van der Waals surface area contributed by atoms with Gasteiger partial charge in [-0.05, 0) is 13.3 Å². The van der Waals surface area contributed by atoms with E-state index >= 15 is 0 Å². The molecule has 0 aromatic carbocycles. The number of hydrogen-bond acceptors (Lipinski definition) is 3. The number of alkyl halides is 3. The molecule has 1 fully saturated rings. The molecule has 0 spiro atoms. The average Bonchev–Trinajstić information content (AvgIpc) is 2.47. The smallest absolute Gasteiger partial charge is 0.379 e. The molecule has 14 heavy (non-hydrogen) atoms. The van der Waals surface area contributed by atoms with E-state index in [0.717, 1.165) is 0 Å². The molecule has 6 heteroatoms. The molecule has 0 aromatic rings. The Hall–Kier alpha value is -0.800. The molecule has 1 heterocycles. The van der Waals surface area contributed by atoms with Crippen LogP contribution in [0.4, 0.5) is 13.2 Å². The van der Waals surface area contributed by atoms with Crippen LogP contribution in [-0.2, 0) is 0 Å². The molecule has 0 amide bonds. The third kappa shape index (κ3) is 1.83. The Labute approximate surface area is 79.7 Å². The first kappa shape index (κ1) is 11.3. The number of nitriles is 1. The first-order valence-corrected chi connectivity index (χ1v) is 4.23. The molecule has 0 saturated carbocycles. The molecular weight excluding hydrogens is 197 g/mol. The van der Waals surface area contributed by atoms with Crippen molar-refractivity contribution in [2.45, 2.75) is 31.2 Å². The van der Waals surface area contributed by atoms with Crippen molar-refractivity contribution in [2.75, 3.05) is 13.1 Å². The lowest BCUT2D eigenvalue weighted by atomic mass is 10.0. The highest BCUT2D eigenvalue weighted by molar-refractivity contribution is 5.01. The second kappa shape index (κ2) is 3.41. The summed E-state index contributed by atoms with van der Waals surface area (Å²) in [6, 6.07) is 1.25. The number of hydrogen-bond donors (Lipinski definition) is 1. The third-order valence-corrected chi connectivity index (χ3v) is 2.54.